The third-order valence-electron chi connectivity index (χ3n) is 4.91. The van der Waals surface area contributed by atoms with Crippen LogP contribution in [0.5, 0.6) is 0 Å². The first kappa shape index (κ1) is 17.5. The molecular weight excluding hydrogens is 288 g/mol. The van der Waals surface area contributed by atoms with Crippen molar-refractivity contribution in [2.75, 3.05) is 13.2 Å². The summed E-state index contributed by atoms with van der Waals surface area (Å²) in [6, 6.07) is 12.0. The summed E-state index contributed by atoms with van der Waals surface area (Å²) in [5.41, 5.74) is 0. The summed E-state index contributed by atoms with van der Waals surface area (Å²) in [5, 5.41) is 12.0. The molecule has 0 aromatic heterocycles. The van der Waals surface area contributed by atoms with Crippen LogP contribution < -0.4 is 5.19 Å². The van der Waals surface area contributed by atoms with E-state index in [1.54, 1.807) is 0 Å². The molecule has 0 amide bonds. The highest BCUT2D eigenvalue weighted by atomic mass is 28.3. The Kier molecular flexibility index (Phi) is 6.42. The Labute approximate surface area is 136 Å². The Hall–Kier alpha value is -0.903. The van der Waals surface area contributed by atoms with Crippen molar-refractivity contribution >= 4 is 13.3 Å². The Balaban J connectivity index is 1.88. The van der Waals surface area contributed by atoms with Gasteiger partial charge in [-0.2, -0.15) is 0 Å². The topological polar surface area (TPSA) is 29.5 Å². The highest BCUT2D eigenvalue weighted by Crippen LogP contribution is 2.24. The molecule has 0 saturated carbocycles. The molecular formula is C19H30O2Si. The average molecular weight is 319 g/mol. The number of aliphatic hydroxyl groups is 1. The predicted octanol–water partition coefficient (Wildman–Crippen LogP) is 3.58. The number of hydrogen-bond donors (Lipinski definition) is 1. The van der Waals surface area contributed by atoms with Crippen LogP contribution in [0.25, 0.3) is 0 Å². The maximum absolute atomic E-state index is 10.5. The number of benzene rings is 1. The first-order valence-corrected chi connectivity index (χ1v) is 11.7. The van der Waals surface area contributed by atoms with Crippen molar-refractivity contribution in [3.05, 3.63) is 42.5 Å². The van der Waals surface area contributed by atoms with E-state index in [9.17, 15) is 5.11 Å². The molecule has 1 N–H and O–H groups in total. The van der Waals surface area contributed by atoms with E-state index in [1.165, 1.54) is 5.19 Å². The fraction of sp³-hybridized carbons (Fsp3) is 0.579. The van der Waals surface area contributed by atoms with E-state index in [4.69, 9.17) is 4.74 Å². The maximum Gasteiger partial charge on any atom is 0.0843 e. The summed E-state index contributed by atoms with van der Waals surface area (Å²) >= 11 is 0. The van der Waals surface area contributed by atoms with Gasteiger partial charge >= 0.3 is 0 Å². The standard InChI is InChI=1S/C19H30O2Si/c1-16(19(20)17-11-13-21-14-12-17)8-7-15-22(2,3)18-9-5-4-6-10-18/h4-10,16-17,19-20H,11-15H2,1-3H3/b8-7+. The number of hydrogen-bond acceptors (Lipinski definition) is 2. The molecule has 1 heterocycles. The molecule has 1 fully saturated rings. The van der Waals surface area contributed by atoms with Crippen LogP contribution >= 0.6 is 0 Å². The number of allylic oxidation sites excluding steroid dienone is 1. The molecule has 3 heteroatoms. The molecule has 122 valence electrons. The minimum Gasteiger partial charge on any atom is -0.392 e. The van der Waals surface area contributed by atoms with E-state index < -0.39 is 8.07 Å². The molecule has 1 aromatic carbocycles. The lowest BCUT2D eigenvalue weighted by atomic mass is 9.86. The van der Waals surface area contributed by atoms with Crippen LogP contribution in [0.1, 0.15) is 19.8 Å². The van der Waals surface area contributed by atoms with E-state index in [1.807, 2.05) is 0 Å². The van der Waals surface area contributed by atoms with Crippen LogP contribution in [0.4, 0.5) is 0 Å². The molecule has 2 atom stereocenters. The van der Waals surface area contributed by atoms with Gasteiger partial charge in [0.25, 0.3) is 0 Å². The summed E-state index contributed by atoms with van der Waals surface area (Å²) in [7, 11) is -1.41. The van der Waals surface area contributed by atoms with Crippen LogP contribution in [0.3, 0.4) is 0 Å². The maximum atomic E-state index is 10.5. The Morgan fingerprint density at radius 2 is 1.86 bits per heavy atom. The molecule has 1 aromatic rings. The zero-order valence-electron chi connectivity index (χ0n) is 14.2. The zero-order valence-corrected chi connectivity index (χ0v) is 15.2. The van der Waals surface area contributed by atoms with Crippen molar-refractivity contribution in [2.45, 2.75) is 45.0 Å². The average Bonchev–Trinajstić information content (AvgIpc) is 2.55. The second-order valence-electron chi connectivity index (χ2n) is 7.18. The van der Waals surface area contributed by atoms with Gasteiger partial charge in [-0.05, 0) is 24.8 Å². The zero-order chi connectivity index (χ0) is 16.0. The van der Waals surface area contributed by atoms with Gasteiger partial charge in [0.2, 0.25) is 0 Å². The Morgan fingerprint density at radius 3 is 2.50 bits per heavy atom. The van der Waals surface area contributed by atoms with Gasteiger partial charge in [-0.1, -0.05) is 67.7 Å². The molecule has 0 radical (unpaired) electrons. The van der Waals surface area contributed by atoms with Crippen LogP contribution in [-0.4, -0.2) is 32.5 Å². The molecule has 0 spiro atoms. The quantitative estimate of drug-likeness (QED) is 0.642. The second-order valence-corrected chi connectivity index (χ2v) is 11.9. The first-order chi connectivity index (χ1) is 10.5. The lowest BCUT2D eigenvalue weighted by Crippen LogP contribution is -2.40. The summed E-state index contributed by atoms with van der Waals surface area (Å²) in [6.45, 7) is 8.55. The fourth-order valence-electron chi connectivity index (χ4n) is 3.18. The largest absolute Gasteiger partial charge is 0.392 e. The van der Waals surface area contributed by atoms with E-state index >= 15 is 0 Å². The first-order valence-electron chi connectivity index (χ1n) is 8.49. The van der Waals surface area contributed by atoms with Crippen LogP contribution in [-0.2, 0) is 4.74 Å². The molecule has 22 heavy (non-hydrogen) atoms. The normalized spacial score (nSPS) is 20.2. The van der Waals surface area contributed by atoms with E-state index in [-0.39, 0.29) is 12.0 Å². The molecule has 1 aliphatic heterocycles. The molecule has 1 aliphatic rings. The summed E-state index contributed by atoms with van der Waals surface area (Å²) in [5.74, 6) is 0.622. The third-order valence-corrected chi connectivity index (χ3v) is 8.06. The number of ether oxygens (including phenoxy) is 1. The minimum atomic E-state index is -1.41. The lowest BCUT2D eigenvalue weighted by molar-refractivity contribution is -0.00564. The van der Waals surface area contributed by atoms with Crippen molar-refractivity contribution in [1.29, 1.82) is 0 Å². The summed E-state index contributed by atoms with van der Waals surface area (Å²) < 4.78 is 5.38. The van der Waals surface area contributed by atoms with Gasteiger partial charge in [-0.3, -0.25) is 0 Å². The molecule has 0 aliphatic carbocycles. The molecule has 2 rings (SSSR count). The highest BCUT2D eigenvalue weighted by molar-refractivity contribution is 6.90. The van der Waals surface area contributed by atoms with Gasteiger partial charge in [-0.15, -0.1) is 0 Å². The van der Waals surface area contributed by atoms with Gasteiger partial charge in [0.05, 0.1) is 14.2 Å². The smallest absolute Gasteiger partial charge is 0.0843 e. The van der Waals surface area contributed by atoms with Crippen LogP contribution in [0.2, 0.25) is 19.1 Å². The van der Waals surface area contributed by atoms with E-state index in [2.05, 4.69) is 62.5 Å². The molecule has 2 nitrogen and oxygen atoms in total. The predicted molar refractivity (Wildman–Crippen MR) is 96.2 cm³/mol. The highest BCUT2D eigenvalue weighted by Gasteiger charge is 2.26. The van der Waals surface area contributed by atoms with Gasteiger partial charge in [0.15, 0.2) is 0 Å². The van der Waals surface area contributed by atoms with Crippen molar-refractivity contribution < 1.29 is 9.84 Å². The monoisotopic (exact) mass is 318 g/mol. The SMILES string of the molecule is CC(/C=C/C[Si](C)(C)c1ccccc1)C(O)C1CCOCC1. The van der Waals surface area contributed by atoms with E-state index in [0.717, 1.165) is 32.1 Å². The van der Waals surface area contributed by atoms with Gasteiger partial charge < -0.3 is 9.84 Å². The Bertz CT molecular complexity index is 464. The molecule has 0 bridgehead atoms. The van der Waals surface area contributed by atoms with Gasteiger partial charge in [0.1, 0.15) is 0 Å². The van der Waals surface area contributed by atoms with Crippen molar-refractivity contribution in [3.63, 3.8) is 0 Å². The second kappa shape index (κ2) is 8.09. The fourth-order valence-corrected chi connectivity index (χ4v) is 5.24. The Morgan fingerprint density at radius 1 is 1.23 bits per heavy atom. The lowest BCUT2D eigenvalue weighted by Gasteiger charge is -2.29. The summed E-state index contributed by atoms with van der Waals surface area (Å²) in [4.78, 5) is 0. The van der Waals surface area contributed by atoms with Crippen molar-refractivity contribution in [3.8, 4) is 0 Å². The minimum absolute atomic E-state index is 0.226. The van der Waals surface area contributed by atoms with Gasteiger partial charge in [-0.25, -0.2) is 0 Å². The summed E-state index contributed by atoms with van der Waals surface area (Å²) in [6.07, 6.45) is 6.26. The van der Waals surface area contributed by atoms with Crippen molar-refractivity contribution in [1.82, 2.24) is 0 Å². The molecule has 1 saturated heterocycles. The third kappa shape index (κ3) is 4.80. The van der Waals surface area contributed by atoms with Crippen LogP contribution in [0.15, 0.2) is 42.5 Å². The van der Waals surface area contributed by atoms with Crippen molar-refractivity contribution in [2.24, 2.45) is 11.8 Å². The van der Waals surface area contributed by atoms with E-state index in [0.29, 0.717) is 5.92 Å². The number of aliphatic hydroxyl groups excluding tert-OH is 1. The number of rotatable bonds is 6. The van der Waals surface area contributed by atoms with Crippen LogP contribution in [0, 0.1) is 11.8 Å². The molecule has 2 unspecified atom stereocenters. The van der Waals surface area contributed by atoms with Gasteiger partial charge in [0, 0.05) is 19.1 Å².